The van der Waals surface area contributed by atoms with Crippen LogP contribution < -0.4 is 5.32 Å². The Balaban J connectivity index is 2.11. The molecule has 1 aromatic heterocycles. The molecule has 1 aliphatic rings. The van der Waals surface area contributed by atoms with Crippen LogP contribution in [0.1, 0.15) is 12.0 Å². The maximum atomic E-state index is 4.25. The molecular formula is C15H17N3. The molecule has 0 saturated carbocycles. The monoisotopic (exact) mass is 239 g/mol. The first-order valence-electron chi connectivity index (χ1n) is 6.37. The molecular weight excluding hydrogens is 222 g/mol. The summed E-state index contributed by atoms with van der Waals surface area (Å²) in [7, 11) is 0. The van der Waals surface area contributed by atoms with E-state index in [0.29, 0.717) is 0 Å². The Morgan fingerprint density at radius 3 is 3.28 bits per heavy atom. The van der Waals surface area contributed by atoms with Crippen LogP contribution in [0, 0.1) is 0 Å². The molecule has 0 bridgehead atoms. The van der Waals surface area contributed by atoms with Crippen molar-refractivity contribution in [3.63, 3.8) is 0 Å². The van der Waals surface area contributed by atoms with Crippen molar-refractivity contribution in [1.82, 2.24) is 9.55 Å². The van der Waals surface area contributed by atoms with Crippen LogP contribution in [0.5, 0.6) is 0 Å². The summed E-state index contributed by atoms with van der Waals surface area (Å²) < 4.78 is 2.12. The second-order valence-electron chi connectivity index (χ2n) is 4.59. The Kier molecular flexibility index (Phi) is 2.89. The van der Waals surface area contributed by atoms with Crippen LogP contribution in [-0.2, 0) is 13.0 Å². The lowest BCUT2D eigenvalue weighted by Crippen LogP contribution is -2.13. The number of hydrogen-bond acceptors (Lipinski definition) is 2. The molecule has 0 saturated heterocycles. The summed E-state index contributed by atoms with van der Waals surface area (Å²) in [6.07, 6.45) is 8.05. The van der Waals surface area contributed by atoms with Gasteiger partial charge in [0.2, 0.25) is 0 Å². The summed E-state index contributed by atoms with van der Waals surface area (Å²) in [6.45, 7) is 5.64. The molecule has 2 aromatic rings. The lowest BCUT2D eigenvalue weighted by molar-refractivity contribution is 0.819. The predicted octanol–water partition coefficient (Wildman–Crippen LogP) is 3.09. The van der Waals surface area contributed by atoms with Crippen LogP contribution >= 0.6 is 0 Å². The van der Waals surface area contributed by atoms with Crippen molar-refractivity contribution in [2.24, 2.45) is 0 Å². The van der Waals surface area contributed by atoms with Gasteiger partial charge in [-0.2, -0.15) is 0 Å². The fourth-order valence-corrected chi connectivity index (χ4v) is 2.55. The lowest BCUT2D eigenvalue weighted by atomic mass is 9.98. The Morgan fingerprint density at radius 1 is 1.44 bits per heavy atom. The summed E-state index contributed by atoms with van der Waals surface area (Å²) in [6, 6.07) is 6.50. The number of nitrogens with zero attached hydrogens (tertiary/aromatic N) is 2. The Bertz CT molecular complexity index is 569. The summed E-state index contributed by atoms with van der Waals surface area (Å²) in [5, 5.41) is 3.52. The van der Waals surface area contributed by atoms with E-state index in [1.807, 2.05) is 18.6 Å². The fourth-order valence-electron chi connectivity index (χ4n) is 2.55. The topological polar surface area (TPSA) is 29.9 Å². The first-order chi connectivity index (χ1) is 8.90. The SMILES string of the molecule is C=CCn1cncc1-c1cccc2c1NCCC2. The fraction of sp³-hybridized carbons (Fsp3) is 0.267. The zero-order chi connectivity index (χ0) is 12.4. The molecule has 3 nitrogen and oxygen atoms in total. The van der Waals surface area contributed by atoms with E-state index < -0.39 is 0 Å². The second kappa shape index (κ2) is 4.69. The number of allylic oxidation sites excluding steroid dienone is 1. The first-order valence-corrected chi connectivity index (χ1v) is 6.37. The summed E-state index contributed by atoms with van der Waals surface area (Å²) in [4.78, 5) is 4.25. The van der Waals surface area contributed by atoms with E-state index in [1.54, 1.807) is 0 Å². The van der Waals surface area contributed by atoms with Gasteiger partial charge in [-0.1, -0.05) is 24.3 Å². The van der Waals surface area contributed by atoms with Gasteiger partial charge in [-0.05, 0) is 18.4 Å². The van der Waals surface area contributed by atoms with Crippen LogP contribution in [0.3, 0.4) is 0 Å². The van der Waals surface area contributed by atoms with Gasteiger partial charge in [0.15, 0.2) is 0 Å². The van der Waals surface area contributed by atoms with Crippen molar-refractivity contribution >= 4 is 5.69 Å². The van der Waals surface area contributed by atoms with Crippen molar-refractivity contribution in [1.29, 1.82) is 0 Å². The molecule has 92 valence electrons. The Hall–Kier alpha value is -2.03. The van der Waals surface area contributed by atoms with Gasteiger partial charge in [-0.15, -0.1) is 6.58 Å². The number of aryl methyl sites for hydroxylation is 1. The van der Waals surface area contributed by atoms with Gasteiger partial charge in [0.1, 0.15) is 0 Å². The van der Waals surface area contributed by atoms with Gasteiger partial charge in [0, 0.05) is 24.3 Å². The minimum absolute atomic E-state index is 0.791. The standard InChI is InChI=1S/C15H17N3/c1-2-9-18-11-16-10-14(18)13-7-3-5-12-6-4-8-17-15(12)13/h2-3,5,7,10-11,17H,1,4,6,8-9H2. The maximum Gasteiger partial charge on any atom is 0.0953 e. The number of rotatable bonds is 3. The number of benzene rings is 1. The maximum absolute atomic E-state index is 4.25. The van der Waals surface area contributed by atoms with E-state index in [2.05, 4.69) is 39.6 Å². The number of imidazole rings is 1. The third-order valence-electron chi connectivity index (χ3n) is 3.39. The van der Waals surface area contributed by atoms with Gasteiger partial charge < -0.3 is 9.88 Å². The van der Waals surface area contributed by atoms with E-state index >= 15 is 0 Å². The van der Waals surface area contributed by atoms with Crippen LogP contribution in [-0.4, -0.2) is 16.1 Å². The molecule has 0 atom stereocenters. The highest BCUT2D eigenvalue weighted by atomic mass is 15.0. The molecule has 0 spiro atoms. The minimum Gasteiger partial charge on any atom is -0.384 e. The average molecular weight is 239 g/mol. The van der Waals surface area contributed by atoms with Gasteiger partial charge in [0.25, 0.3) is 0 Å². The normalized spacial score (nSPS) is 13.8. The van der Waals surface area contributed by atoms with Gasteiger partial charge in [-0.3, -0.25) is 0 Å². The largest absolute Gasteiger partial charge is 0.384 e. The van der Waals surface area contributed by atoms with Gasteiger partial charge in [-0.25, -0.2) is 4.98 Å². The van der Waals surface area contributed by atoms with Gasteiger partial charge in [0.05, 0.1) is 18.2 Å². The molecule has 0 aliphatic carbocycles. The number of para-hydroxylation sites is 1. The Morgan fingerprint density at radius 2 is 2.39 bits per heavy atom. The zero-order valence-corrected chi connectivity index (χ0v) is 10.4. The highest BCUT2D eigenvalue weighted by Gasteiger charge is 2.15. The molecule has 18 heavy (non-hydrogen) atoms. The van der Waals surface area contributed by atoms with Crippen LogP contribution in [0.15, 0.2) is 43.4 Å². The van der Waals surface area contributed by atoms with E-state index in [9.17, 15) is 0 Å². The van der Waals surface area contributed by atoms with Gasteiger partial charge >= 0.3 is 0 Å². The summed E-state index contributed by atoms with van der Waals surface area (Å²) >= 11 is 0. The smallest absolute Gasteiger partial charge is 0.0953 e. The zero-order valence-electron chi connectivity index (χ0n) is 10.4. The molecule has 2 heterocycles. The predicted molar refractivity (Wildman–Crippen MR) is 74.7 cm³/mol. The third-order valence-corrected chi connectivity index (χ3v) is 3.39. The number of anilines is 1. The van der Waals surface area contributed by atoms with E-state index in [-0.39, 0.29) is 0 Å². The Labute approximate surface area is 107 Å². The molecule has 0 radical (unpaired) electrons. The average Bonchev–Trinajstić information content (AvgIpc) is 2.87. The molecule has 1 N–H and O–H groups in total. The molecule has 0 unspecified atom stereocenters. The molecule has 0 amide bonds. The van der Waals surface area contributed by atoms with E-state index in [1.165, 1.54) is 23.2 Å². The second-order valence-corrected chi connectivity index (χ2v) is 4.59. The minimum atomic E-state index is 0.791. The van der Waals surface area contributed by atoms with Crippen LogP contribution in [0.2, 0.25) is 0 Å². The molecule has 1 aliphatic heterocycles. The van der Waals surface area contributed by atoms with E-state index in [4.69, 9.17) is 0 Å². The van der Waals surface area contributed by atoms with Crippen LogP contribution in [0.25, 0.3) is 11.3 Å². The lowest BCUT2D eigenvalue weighted by Gasteiger charge is -2.21. The summed E-state index contributed by atoms with van der Waals surface area (Å²) in [5.41, 5.74) is 5.08. The highest BCUT2D eigenvalue weighted by Crippen LogP contribution is 2.33. The van der Waals surface area contributed by atoms with Crippen molar-refractivity contribution in [3.8, 4) is 11.3 Å². The number of nitrogens with one attached hydrogen (secondary N) is 1. The quantitative estimate of drug-likeness (QED) is 0.834. The highest BCUT2D eigenvalue weighted by molar-refractivity contribution is 5.78. The molecule has 0 fully saturated rings. The van der Waals surface area contributed by atoms with Crippen LogP contribution in [0.4, 0.5) is 5.69 Å². The number of aromatic nitrogens is 2. The van der Waals surface area contributed by atoms with Crippen molar-refractivity contribution in [3.05, 3.63) is 48.9 Å². The van der Waals surface area contributed by atoms with Crippen molar-refractivity contribution in [2.45, 2.75) is 19.4 Å². The third kappa shape index (κ3) is 1.82. The number of fused-ring (bicyclic) bond motifs is 1. The first kappa shape index (κ1) is 11.1. The van der Waals surface area contributed by atoms with E-state index in [0.717, 1.165) is 25.2 Å². The molecule has 3 heteroatoms. The number of hydrogen-bond donors (Lipinski definition) is 1. The van der Waals surface area contributed by atoms with Crippen molar-refractivity contribution in [2.75, 3.05) is 11.9 Å². The summed E-state index contributed by atoms with van der Waals surface area (Å²) in [5.74, 6) is 0. The molecule has 3 rings (SSSR count). The molecule has 1 aromatic carbocycles. The van der Waals surface area contributed by atoms with Crippen molar-refractivity contribution < 1.29 is 0 Å².